The first-order valence-electron chi connectivity index (χ1n) is 5.67. The molecule has 1 N–H and O–H groups in total. The molecule has 2 unspecified atom stereocenters. The maximum atomic E-state index is 5.55. The zero-order chi connectivity index (χ0) is 10.7. The van der Waals surface area contributed by atoms with Gasteiger partial charge in [-0.3, -0.25) is 0 Å². The van der Waals surface area contributed by atoms with Crippen molar-refractivity contribution < 1.29 is 4.42 Å². The van der Waals surface area contributed by atoms with Crippen molar-refractivity contribution in [3.8, 4) is 0 Å². The van der Waals surface area contributed by atoms with Crippen LogP contribution < -0.4 is 5.32 Å². The molecule has 1 aliphatic rings. The second-order valence-electron chi connectivity index (χ2n) is 4.27. The number of thioether (sulfide) groups is 1. The molecule has 1 fully saturated rings. The van der Waals surface area contributed by atoms with Gasteiger partial charge in [-0.2, -0.15) is 11.8 Å². The molecule has 84 valence electrons. The van der Waals surface area contributed by atoms with E-state index in [1.54, 1.807) is 6.26 Å². The molecule has 2 rings (SSSR count). The smallest absolute Gasteiger partial charge is 0.122 e. The monoisotopic (exact) mass is 225 g/mol. The van der Waals surface area contributed by atoms with E-state index in [0.29, 0.717) is 10.8 Å². The minimum absolute atomic E-state index is 0.299. The van der Waals surface area contributed by atoms with Crippen LogP contribution in [0.3, 0.4) is 0 Å². The zero-order valence-corrected chi connectivity index (χ0v) is 10.3. The highest BCUT2D eigenvalue weighted by molar-refractivity contribution is 8.00. The Kier molecular flexibility index (Phi) is 3.42. The molecule has 2 heterocycles. The molecule has 0 spiro atoms. The molecular formula is C12H19NOS. The maximum absolute atomic E-state index is 5.55. The van der Waals surface area contributed by atoms with E-state index in [-0.39, 0.29) is 0 Å². The van der Waals surface area contributed by atoms with Crippen LogP contribution in [0.1, 0.15) is 38.5 Å². The van der Waals surface area contributed by atoms with Crippen LogP contribution in [0.5, 0.6) is 0 Å². The minimum Gasteiger partial charge on any atom is -0.468 e. The van der Waals surface area contributed by atoms with Crippen LogP contribution in [-0.4, -0.2) is 17.0 Å². The molecule has 0 radical (unpaired) electrons. The minimum atomic E-state index is 0.299. The SMILES string of the molecule is CCNC(c1ccco1)C1(C)CCCS1. The van der Waals surface area contributed by atoms with Crippen LogP contribution in [0.4, 0.5) is 0 Å². The van der Waals surface area contributed by atoms with Gasteiger partial charge in [-0.05, 0) is 44.2 Å². The molecule has 1 saturated heterocycles. The molecule has 15 heavy (non-hydrogen) atoms. The molecule has 0 saturated carbocycles. The van der Waals surface area contributed by atoms with Crippen molar-refractivity contribution in [3.63, 3.8) is 0 Å². The van der Waals surface area contributed by atoms with Gasteiger partial charge in [0.15, 0.2) is 0 Å². The maximum Gasteiger partial charge on any atom is 0.122 e. The van der Waals surface area contributed by atoms with Gasteiger partial charge in [0.05, 0.1) is 12.3 Å². The fraction of sp³-hybridized carbons (Fsp3) is 0.667. The molecule has 1 aliphatic heterocycles. The van der Waals surface area contributed by atoms with Crippen molar-refractivity contribution in [2.45, 2.75) is 37.5 Å². The number of rotatable bonds is 4. The van der Waals surface area contributed by atoms with Gasteiger partial charge in [-0.1, -0.05) is 6.92 Å². The van der Waals surface area contributed by atoms with Gasteiger partial charge in [0, 0.05) is 4.75 Å². The van der Waals surface area contributed by atoms with Gasteiger partial charge in [0.2, 0.25) is 0 Å². The molecule has 2 atom stereocenters. The lowest BCUT2D eigenvalue weighted by molar-refractivity contribution is 0.351. The Balaban J connectivity index is 2.19. The van der Waals surface area contributed by atoms with E-state index in [1.807, 2.05) is 6.07 Å². The van der Waals surface area contributed by atoms with E-state index in [1.165, 1.54) is 18.6 Å². The van der Waals surface area contributed by atoms with E-state index in [0.717, 1.165) is 12.3 Å². The highest BCUT2D eigenvalue weighted by Crippen LogP contribution is 2.46. The van der Waals surface area contributed by atoms with Crippen LogP contribution in [0.2, 0.25) is 0 Å². The van der Waals surface area contributed by atoms with E-state index in [9.17, 15) is 0 Å². The van der Waals surface area contributed by atoms with Crippen molar-refractivity contribution in [1.82, 2.24) is 5.32 Å². The molecule has 0 aromatic carbocycles. The number of hydrogen-bond acceptors (Lipinski definition) is 3. The summed E-state index contributed by atoms with van der Waals surface area (Å²) in [4.78, 5) is 0. The summed E-state index contributed by atoms with van der Waals surface area (Å²) in [6.07, 6.45) is 4.36. The molecule has 0 amide bonds. The van der Waals surface area contributed by atoms with Gasteiger partial charge in [-0.15, -0.1) is 0 Å². The second kappa shape index (κ2) is 4.62. The summed E-state index contributed by atoms with van der Waals surface area (Å²) >= 11 is 2.07. The molecule has 1 aromatic rings. The summed E-state index contributed by atoms with van der Waals surface area (Å²) in [6, 6.07) is 4.41. The summed E-state index contributed by atoms with van der Waals surface area (Å²) in [7, 11) is 0. The van der Waals surface area contributed by atoms with Gasteiger partial charge in [-0.25, -0.2) is 0 Å². The van der Waals surface area contributed by atoms with Crippen molar-refractivity contribution in [2.75, 3.05) is 12.3 Å². The van der Waals surface area contributed by atoms with Crippen LogP contribution in [0.25, 0.3) is 0 Å². The predicted molar refractivity (Wildman–Crippen MR) is 65.2 cm³/mol. The zero-order valence-electron chi connectivity index (χ0n) is 9.45. The Morgan fingerprint density at radius 3 is 3.07 bits per heavy atom. The van der Waals surface area contributed by atoms with E-state index in [4.69, 9.17) is 4.42 Å². The summed E-state index contributed by atoms with van der Waals surface area (Å²) in [5.74, 6) is 2.35. The predicted octanol–water partition coefficient (Wildman–Crippen LogP) is 3.22. The van der Waals surface area contributed by atoms with Gasteiger partial charge in [0.1, 0.15) is 5.76 Å². The lowest BCUT2D eigenvalue weighted by Crippen LogP contribution is -2.37. The Morgan fingerprint density at radius 1 is 1.67 bits per heavy atom. The van der Waals surface area contributed by atoms with Crippen molar-refractivity contribution in [3.05, 3.63) is 24.2 Å². The van der Waals surface area contributed by atoms with Crippen LogP contribution in [0.15, 0.2) is 22.8 Å². The normalized spacial score (nSPS) is 28.1. The van der Waals surface area contributed by atoms with Crippen molar-refractivity contribution in [1.29, 1.82) is 0 Å². The summed E-state index contributed by atoms with van der Waals surface area (Å²) in [6.45, 7) is 5.49. The molecule has 1 aromatic heterocycles. The molecule has 0 bridgehead atoms. The van der Waals surface area contributed by atoms with Gasteiger partial charge < -0.3 is 9.73 Å². The molecule has 0 aliphatic carbocycles. The Bertz CT molecular complexity index is 291. The molecule has 2 nitrogen and oxygen atoms in total. The summed E-state index contributed by atoms with van der Waals surface area (Å²) < 4.78 is 5.85. The van der Waals surface area contributed by atoms with E-state index >= 15 is 0 Å². The number of hydrogen-bond donors (Lipinski definition) is 1. The van der Waals surface area contributed by atoms with Crippen LogP contribution >= 0.6 is 11.8 Å². The van der Waals surface area contributed by atoms with Gasteiger partial charge in [0.25, 0.3) is 0 Å². The first kappa shape index (κ1) is 11.1. The fourth-order valence-corrected chi connectivity index (χ4v) is 3.72. The Hall–Kier alpha value is -0.410. The highest BCUT2D eigenvalue weighted by Gasteiger charge is 2.39. The largest absolute Gasteiger partial charge is 0.468 e. The standard InChI is InChI=1S/C12H19NOS/c1-3-13-11(10-6-4-8-14-10)12(2)7-5-9-15-12/h4,6,8,11,13H,3,5,7,9H2,1-2H3. The third kappa shape index (κ3) is 2.23. The summed E-state index contributed by atoms with van der Waals surface area (Å²) in [5, 5.41) is 3.55. The Labute approximate surface area is 95.8 Å². The lowest BCUT2D eigenvalue weighted by atomic mass is 9.94. The highest BCUT2D eigenvalue weighted by atomic mass is 32.2. The first-order chi connectivity index (χ1) is 7.26. The van der Waals surface area contributed by atoms with Gasteiger partial charge >= 0.3 is 0 Å². The number of nitrogens with one attached hydrogen (secondary N) is 1. The second-order valence-corrected chi connectivity index (χ2v) is 5.90. The average molecular weight is 225 g/mol. The third-order valence-electron chi connectivity index (χ3n) is 3.10. The molecular weight excluding hydrogens is 206 g/mol. The molecule has 3 heteroatoms. The average Bonchev–Trinajstić information content (AvgIpc) is 2.85. The Morgan fingerprint density at radius 2 is 2.53 bits per heavy atom. The topological polar surface area (TPSA) is 25.2 Å². The van der Waals surface area contributed by atoms with Crippen molar-refractivity contribution in [2.24, 2.45) is 0 Å². The first-order valence-corrected chi connectivity index (χ1v) is 6.65. The quantitative estimate of drug-likeness (QED) is 0.851. The fourth-order valence-electron chi connectivity index (χ4n) is 2.31. The van der Waals surface area contributed by atoms with Crippen LogP contribution in [0, 0.1) is 0 Å². The van der Waals surface area contributed by atoms with Crippen molar-refractivity contribution >= 4 is 11.8 Å². The summed E-state index contributed by atoms with van der Waals surface area (Å²) in [5.41, 5.74) is 0. The number of furan rings is 1. The van der Waals surface area contributed by atoms with Crippen LogP contribution in [-0.2, 0) is 0 Å². The van der Waals surface area contributed by atoms with E-state index < -0.39 is 0 Å². The van der Waals surface area contributed by atoms with E-state index in [2.05, 4.69) is 37.0 Å². The lowest BCUT2D eigenvalue weighted by Gasteiger charge is -2.32. The third-order valence-corrected chi connectivity index (χ3v) is 4.69.